The van der Waals surface area contributed by atoms with Crippen LogP contribution < -0.4 is 9.47 Å². The van der Waals surface area contributed by atoms with Gasteiger partial charge >= 0.3 is 5.97 Å². The minimum Gasteiger partial charge on any atom is -0.485 e. The molecule has 2 atom stereocenters. The second-order valence-electron chi connectivity index (χ2n) is 9.57. The van der Waals surface area contributed by atoms with Gasteiger partial charge in [-0.3, -0.25) is 4.79 Å². The van der Waals surface area contributed by atoms with Crippen molar-refractivity contribution < 1.29 is 19.4 Å². The summed E-state index contributed by atoms with van der Waals surface area (Å²) in [5.74, 6) is 0.0365. The molecule has 7 nitrogen and oxygen atoms in total. The number of benzene rings is 2. The van der Waals surface area contributed by atoms with Gasteiger partial charge in [-0.2, -0.15) is 5.26 Å². The van der Waals surface area contributed by atoms with Crippen LogP contribution in [0.4, 0.5) is 0 Å². The number of ether oxygens (including phenoxy) is 2. The zero-order valence-corrected chi connectivity index (χ0v) is 21.1. The number of nitriles is 1. The van der Waals surface area contributed by atoms with Crippen LogP contribution in [0.3, 0.4) is 0 Å². The number of aliphatic carboxylic acids is 1. The highest BCUT2D eigenvalue weighted by Gasteiger charge is 2.24. The van der Waals surface area contributed by atoms with E-state index in [4.69, 9.17) is 9.47 Å². The van der Waals surface area contributed by atoms with E-state index >= 15 is 0 Å². The average Bonchev–Trinajstić information content (AvgIpc) is 2.87. The Balaban J connectivity index is 1.67. The predicted octanol–water partition coefficient (Wildman–Crippen LogP) is 5.02. The first-order valence-corrected chi connectivity index (χ1v) is 12.0. The number of hydrogen-bond acceptors (Lipinski definition) is 6. The molecule has 2 aromatic carbocycles. The number of aromatic nitrogens is 1. The zero-order chi connectivity index (χ0) is 25.8. The van der Waals surface area contributed by atoms with Crippen molar-refractivity contribution in [2.24, 2.45) is 5.92 Å². The van der Waals surface area contributed by atoms with Crippen LogP contribution in [0.1, 0.15) is 47.3 Å². The maximum Gasteiger partial charge on any atom is 0.306 e. The van der Waals surface area contributed by atoms with Crippen LogP contribution in [0.15, 0.2) is 48.7 Å². The Kier molecular flexibility index (Phi) is 7.56. The molecule has 0 bridgehead atoms. The van der Waals surface area contributed by atoms with E-state index in [2.05, 4.69) is 34.2 Å². The van der Waals surface area contributed by atoms with Crippen molar-refractivity contribution in [3.05, 3.63) is 76.5 Å². The fourth-order valence-electron chi connectivity index (χ4n) is 4.62. The molecule has 0 saturated carbocycles. The SMILES string of the molecule is COc1cc(-c2ccc(C3CCc4ccc(C[C@H](C)C(=O)O)cc4O3)cc2CN(C)C)c(C#N)cn1. The molecule has 1 N–H and O–H groups in total. The average molecular weight is 486 g/mol. The lowest BCUT2D eigenvalue weighted by molar-refractivity contribution is -0.141. The summed E-state index contributed by atoms with van der Waals surface area (Å²) in [6, 6.07) is 16.4. The molecular weight excluding hydrogens is 454 g/mol. The van der Waals surface area contributed by atoms with Crippen LogP contribution in [0.5, 0.6) is 11.6 Å². The number of fused-ring (bicyclic) bond motifs is 1. The minimum absolute atomic E-state index is 0.109. The normalized spacial score (nSPS) is 15.5. The Labute approximate surface area is 211 Å². The van der Waals surface area contributed by atoms with Gasteiger partial charge in [0.2, 0.25) is 5.88 Å². The number of nitrogens with zero attached hydrogens (tertiary/aromatic N) is 3. The standard InChI is InChI=1S/C29H31N3O4/c1-18(29(33)34)11-19-5-6-20-8-10-26(36-27(20)12-19)21-7-9-24(22(13-21)17-32(2)3)25-14-28(35-4)31-16-23(25)15-30/h5-7,9,12-14,16,18,26H,8,10-11,17H2,1-4H3,(H,33,34)/t18-,26?/m0/s1. The fraction of sp³-hybridized carbons (Fsp3) is 0.345. The van der Waals surface area contributed by atoms with Gasteiger partial charge in [-0.1, -0.05) is 37.3 Å². The number of rotatable bonds is 8. The number of pyridine rings is 1. The summed E-state index contributed by atoms with van der Waals surface area (Å²) in [6.07, 6.45) is 3.65. The molecule has 1 aliphatic rings. The lowest BCUT2D eigenvalue weighted by Crippen LogP contribution is -2.17. The van der Waals surface area contributed by atoms with Gasteiger partial charge in [0.25, 0.3) is 0 Å². The molecule has 186 valence electrons. The summed E-state index contributed by atoms with van der Waals surface area (Å²) in [4.78, 5) is 17.6. The molecule has 0 fully saturated rings. The summed E-state index contributed by atoms with van der Waals surface area (Å²) >= 11 is 0. The first-order valence-electron chi connectivity index (χ1n) is 12.0. The molecule has 0 spiro atoms. The van der Waals surface area contributed by atoms with E-state index in [9.17, 15) is 15.2 Å². The fourth-order valence-corrected chi connectivity index (χ4v) is 4.62. The first kappa shape index (κ1) is 25.2. The van der Waals surface area contributed by atoms with Crippen LogP contribution in [0.25, 0.3) is 11.1 Å². The molecular formula is C29H31N3O4. The molecule has 0 aliphatic carbocycles. The van der Waals surface area contributed by atoms with Crippen LogP contribution in [0.2, 0.25) is 0 Å². The number of methoxy groups -OCH3 is 1. The van der Waals surface area contributed by atoms with Crippen LogP contribution in [0, 0.1) is 17.2 Å². The van der Waals surface area contributed by atoms with Gasteiger partial charge in [0, 0.05) is 24.4 Å². The monoisotopic (exact) mass is 485 g/mol. The molecule has 1 aromatic heterocycles. The maximum atomic E-state index is 11.3. The van der Waals surface area contributed by atoms with Crippen molar-refractivity contribution in [2.45, 2.75) is 38.8 Å². The smallest absolute Gasteiger partial charge is 0.306 e. The van der Waals surface area contributed by atoms with Gasteiger partial charge in [0.15, 0.2) is 0 Å². The Hall–Kier alpha value is -3.89. The second kappa shape index (κ2) is 10.8. The minimum atomic E-state index is -0.800. The molecule has 0 amide bonds. The number of hydrogen-bond donors (Lipinski definition) is 1. The van der Waals surface area contributed by atoms with E-state index in [1.165, 1.54) is 0 Å². The molecule has 0 radical (unpaired) electrons. The Bertz CT molecular complexity index is 1310. The second-order valence-corrected chi connectivity index (χ2v) is 9.57. The highest BCUT2D eigenvalue weighted by Crippen LogP contribution is 2.38. The molecule has 1 aliphatic heterocycles. The van der Waals surface area contributed by atoms with Gasteiger partial charge in [-0.25, -0.2) is 4.98 Å². The number of carboxylic acid groups (broad SMARTS) is 1. The molecule has 1 unspecified atom stereocenters. The van der Waals surface area contributed by atoms with Crippen molar-refractivity contribution in [1.29, 1.82) is 5.26 Å². The summed E-state index contributed by atoms with van der Waals surface area (Å²) in [6.45, 7) is 2.41. The topological polar surface area (TPSA) is 95.7 Å². The van der Waals surface area contributed by atoms with E-state index in [1.807, 2.05) is 32.3 Å². The zero-order valence-electron chi connectivity index (χ0n) is 21.1. The summed E-state index contributed by atoms with van der Waals surface area (Å²) in [5, 5.41) is 18.9. The van der Waals surface area contributed by atoms with Gasteiger partial charge in [-0.05, 0) is 67.2 Å². The van der Waals surface area contributed by atoms with Gasteiger partial charge < -0.3 is 19.5 Å². The van der Waals surface area contributed by atoms with Crippen LogP contribution in [-0.4, -0.2) is 42.2 Å². The van der Waals surface area contributed by atoms with Crippen molar-refractivity contribution in [3.8, 4) is 28.8 Å². The van der Waals surface area contributed by atoms with Crippen molar-refractivity contribution >= 4 is 5.97 Å². The van der Waals surface area contributed by atoms with E-state index in [1.54, 1.807) is 26.3 Å². The van der Waals surface area contributed by atoms with Gasteiger partial charge in [0.1, 0.15) is 17.9 Å². The van der Waals surface area contributed by atoms with E-state index < -0.39 is 11.9 Å². The summed E-state index contributed by atoms with van der Waals surface area (Å²) in [5.41, 5.74) is 6.51. The molecule has 3 aromatic rings. The Morgan fingerprint density at radius 2 is 2.06 bits per heavy atom. The lowest BCUT2D eigenvalue weighted by Gasteiger charge is -2.28. The highest BCUT2D eigenvalue weighted by molar-refractivity contribution is 5.74. The van der Waals surface area contributed by atoms with Crippen LogP contribution >= 0.6 is 0 Å². The molecule has 0 saturated heterocycles. The number of carboxylic acids is 1. The summed E-state index contributed by atoms with van der Waals surface area (Å²) in [7, 11) is 5.59. The van der Waals surface area contributed by atoms with Crippen LogP contribution in [-0.2, 0) is 24.2 Å². The third kappa shape index (κ3) is 5.50. The van der Waals surface area contributed by atoms with Crippen molar-refractivity contribution in [3.63, 3.8) is 0 Å². The first-order chi connectivity index (χ1) is 17.3. The quantitative estimate of drug-likeness (QED) is 0.479. The molecule has 7 heteroatoms. The van der Waals surface area contributed by atoms with Crippen molar-refractivity contribution in [1.82, 2.24) is 9.88 Å². The van der Waals surface area contributed by atoms with Crippen molar-refractivity contribution in [2.75, 3.05) is 21.2 Å². The van der Waals surface area contributed by atoms with E-state index in [0.29, 0.717) is 24.4 Å². The Morgan fingerprint density at radius 3 is 2.75 bits per heavy atom. The largest absolute Gasteiger partial charge is 0.485 e. The third-order valence-corrected chi connectivity index (χ3v) is 6.53. The maximum absolute atomic E-state index is 11.3. The highest BCUT2D eigenvalue weighted by atomic mass is 16.5. The summed E-state index contributed by atoms with van der Waals surface area (Å²) < 4.78 is 11.8. The van der Waals surface area contributed by atoms with E-state index in [-0.39, 0.29) is 6.10 Å². The number of aryl methyl sites for hydroxylation is 1. The Morgan fingerprint density at radius 1 is 1.25 bits per heavy atom. The molecule has 4 rings (SSSR count). The van der Waals surface area contributed by atoms with E-state index in [0.717, 1.165) is 52.0 Å². The number of carbonyl (C=O) groups is 1. The van der Waals surface area contributed by atoms with Gasteiger partial charge in [0.05, 0.1) is 18.6 Å². The van der Waals surface area contributed by atoms with Gasteiger partial charge in [-0.15, -0.1) is 0 Å². The molecule has 36 heavy (non-hydrogen) atoms. The third-order valence-electron chi connectivity index (χ3n) is 6.53. The molecule has 2 heterocycles. The predicted molar refractivity (Wildman–Crippen MR) is 137 cm³/mol. The lowest BCUT2D eigenvalue weighted by atomic mass is 9.90.